The smallest absolute Gasteiger partial charge is 0.410 e. The Labute approximate surface area is 192 Å². The molecule has 0 saturated carbocycles. The van der Waals surface area contributed by atoms with Gasteiger partial charge in [0, 0.05) is 31.7 Å². The fourth-order valence-corrected chi connectivity index (χ4v) is 4.15. The first-order chi connectivity index (χ1) is 16.1. The maximum atomic E-state index is 12.8. The molecule has 1 saturated heterocycles. The van der Waals surface area contributed by atoms with Crippen molar-refractivity contribution in [2.75, 3.05) is 38.2 Å². The van der Waals surface area contributed by atoms with Gasteiger partial charge < -0.3 is 24.6 Å². The summed E-state index contributed by atoms with van der Waals surface area (Å²) in [4.78, 5) is 37.5. The molecule has 1 amide bonds. The Morgan fingerprint density at radius 3 is 2.82 bits per heavy atom. The number of carbonyl (C=O) groups is 2. The summed E-state index contributed by atoms with van der Waals surface area (Å²) in [7, 11) is 1.30. The lowest BCUT2D eigenvalue weighted by Gasteiger charge is -2.41. The average Bonchev–Trinajstić information content (AvgIpc) is 2.87. The number of piperazine rings is 1. The molecule has 2 aliphatic heterocycles. The summed E-state index contributed by atoms with van der Waals surface area (Å²) < 4.78 is 10.3. The first kappa shape index (κ1) is 22.5. The highest BCUT2D eigenvalue weighted by molar-refractivity contribution is 5.85. The molecule has 1 fully saturated rings. The summed E-state index contributed by atoms with van der Waals surface area (Å²) in [6.45, 7) is 2.79. The molecule has 1 atom stereocenters. The van der Waals surface area contributed by atoms with Gasteiger partial charge in [0.15, 0.2) is 0 Å². The predicted molar refractivity (Wildman–Crippen MR) is 118 cm³/mol. The molecule has 172 valence electrons. The van der Waals surface area contributed by atoms with Crippen molar-refractivity contribution in [2.45, 2.75) is 32.0 Å². The van der Waals surface area contributed by atoms with Crippen LogP contribution in [0.5, 0.6) is 0 Å². The second-order valence-electron chi connectivity index (χ2n) is 7.91. The second kappa shape index (κ2) is 10.3. The number of ether oxygens (including phenoxy) is 2. The van der Waals surface area contributed by atoms with Gasteiger partial charge in [0.25, 0.3) is 0 Å². The number of carbonyl (C=O) groups excluding carboxylic acids is 2. The van der Waals surface area contributed by atoms with Crippen LogP contribution in [0.15, 0.2) is 30.3 Å². The van der Waals surface area contributed by atoms with Crippen LogP contribution in [-0.2, 0) is 29.0 Å². The lowest BCUT2D eigenvalue weighted by molar-refractivity contribution is 0.0586. The number of rotatable bonds is 5. The zero-order valence-corrected chi connectivity index (χ0v) is 18.5. The Hall–Kier alpha value is -3.71. The van der Waals surface area contributed by atoms with Crippen LogP contribution in [0.25, 0.3) is 0 Å². The van der Waals surface area contributed by atoms with Crippen molar-refractivity contribution in [3.8, 4) is 6.07 Å². The standard InChI is InChI=1S/C23H26N6O4/c1-32-22(30)20-26-19-13-25-10-8-18(19)21(27-20)28-11-12-29(17(14-28)7-9-24)23(31)33-15-16-5-3-2-4-6-16/h2-6,17,25H,7-8,10-15H2,1H3. The highest BCUT2D eigenvalue weighted by atomic mass is 16.6. The normalized spacial score (nSPS) is 17.6. The Bertz CT molecular complexity index is 1050. The number of hydrogen-bond donors (Lipinski definition) is 1. The third-order valence-corrected chi connectivity index (χ3v) is 5.83. The van der Waals surface area contributed by atoms with E-state index < -0.39 is 12.1 Å². The van der Waals surface area contributed by atoms with Crippen LogP contribution in [0.1, 0.15) is 33.9 Å². The molecule has 3 heterocycles. The van der Waals surface area contributed by atoms with E-state index in [1.807, 2.05) is 35.2 Å². The molecule has 0 bridgehead atoms. The first-order valence-electron chi connectivity index (χ1n) is 10.9. The van der Waals surface area contributed by atoms with Crippen molar-refractivity contribution in [3.05, 3.63) is 53.0 Å². The lowest BCUT2D eigenvalue weighted by atomic mass is 10.0. The van der Waals surface area contributed by atoms with Gasteiger partial charge in [-0.15, -0.1) is 0 Å². The van der Waals surface area contributed by atoms with E-state index in [1.54, 1.807) is 4.90 Å². The third-order valence-electron chi connectivity index (χ3n) is 5.83. The van der Waals surface area contributed by atoms with E-state index >= 15 is 0 Å². The molecule has 1 aromatic carbocycles. The number of amides is 1. The van der Waals surface area contributed by atoms with Crippen molar-refractivity contribution in [2.24, 2.45) is 0 Å². The summed E-state index contributed by atoms with van der Waals surface area (Å²) >= 11 is 0. The van der Waals surface area contributed by atoms with E-state index in [-0.39, 0.29) is 24.9 Å². The maximum Gasteiger partial charge on any atom is 0.410 e. The van der Waals surface area contributed by atoms with E-state index in [2.05, 4.69) is 21.4 Å². The molecule has 10 heteroatoms. The topological polar surface area (TPSA) is 121 Å². The average molecular weight is 450 g/mol. The van der Waals surface area contributed by atoms with Gasteiger partial charge in [0.05, 0.1) is 31.3 Å². The summed E-state index contributed by atoms with van der Waals surface area (Å²) in [6.07, 6.45) is 0.451. The van der Waals surface area contributed by atoms with Gasteiger partial charge in [0.1, 0.15) is 12.4 Å². The molecular weight excluding hydrogens is 424 g/mol. The first-order valence-corrected chi connectivity index (χ1v) is 10.9. The van der Waals surface area contributed by atoms with Crippen molar-refractivity contribution in [1.82, 2.24) is 20.2 Å². The number of anilines is 1. The molecule has 0 spiro atoms. The van der Waals surface area contributed by atoms with Gasteiger partial charge in [-0.05, 0) is 18.5 Å². The van der Waals surface area contributed by atoms with Crippen LogP contribution in [-0.4, -0.2) is 66.3 Å². The largest absolute Gasteiger partial charge is 0.463 e. The van der Waals surface area contributed by atoms with Crippen molar-refractivity contribution in [1.29, 1.82) is 5.26 Å². The molecule has 33 heavy (non-hydrogen) atoms. The number of fused-ring (bicyclic) bond motifs is 1. The van der Waals surface area contributed by atoms with Gasteiger partial charge in [-0.1, -0.05) is 30.3 Å². The number of benzene rings is 1. The molecule has 1 aromatic heterocycles. The molecule has 1 unspecified atom stereocenters. The fourth-order valence-electron chi connectivity index (χ4n) is 4.15. The molecule has 1 N–H and O–H groups in total. The van der Waals surface area contributed by atoms with Crippen LogP contribution < -0.4 is 10.2 Å². The summed E-state index contributed by atoms with van der Waals surface area (Å²) in [5.41, 5.74) is 2.66. The van der Waals surface area contributed by atoms with Crippen LogP contribution in [0.4, 0.5) is 10.6 Å². The minimum atomic E-state index is -0.596. The number of nitrogens with one attached hydrogen (secondary N) is 1. The van der Waals surface area contributed by atoms with Crippen LogP contribution in [0.2, 0.25) is 0 Å². The molecule has 10 nitrogen and oxygen atoms in total. The van der Waals surface area contributed by atoms with E-state index in [1.165, 1.54) is 7.11 Å². The highest BCUT2D eigenvalue weighted by Crippen LogP contribution is 2.27. The van der Waals surface area contributed by atoms with E-state index in [0.717, 1.165) is 29.8 Å². The van der Waals surface area contributed by atoms with E-state index in [0.29, 0.717) is 32.0 Å². The van der Waals surface area contributed by atoms with Crippen LogP contribution in [0.3, 0.4) is 0 Å². The Morgan fingerprint density at radius 1 is 1.24 bits per heavy atom. The quantitative estimate of drug-likeness (QED) is 0.678. The van der Waals surface area contributed by atoms with Crippen LogP contribution >= 0.6 is 0 Å². The number of hydrogen-bond acceptors (Lipinski definition) is 9. The molecular formula is C23H26N6O4. The van der Waals surface area contributed by atoms with Gasteiger partial charge in [-0.3, -0.25) is 0 Å². The Balaban J connectivity index is 1.53. The van der Waals surface area contributed by atoms with Gasteiger partial charge in [-0.2, -0.15) is 5.26 Å². The molecule has 0 aliphatic carbocycles. The maximum absolute atomic E-state index is 12.8. The van der Waals surface area contributed by atoms with E-state index in [9.17, 15) is 14.9 Å². The third kappa shape index (κ3) is 5.04. The van der Waals surface area contributed by atoms with Gasteiger partial charge >= 0.3 is 12.1 Å². The zero-order valence-electron chi connectivity index (χ0n) is 18.5. The molecule has 4 rings (SSSR count). The highest BCUT2D eigenvalue weighted by Gasteiger charge is 2.34. The number of esters is 1. The SMILES string of the molecule is COC(=O)c1nc2c(c(N3CCN(C(=O)OCc4ccccc4)C(CC#N)C3)n1)CCNC2. The van der Waals surface area contributed by atoms with Gasteiger partial charge in [0.2, 0.25) is 5.82 Å². The Morgan fingerprint density at radius 2 is 2.06 bits per heavy atom. The molecule has 2 aliphatic rings. The summed E-state index contributed by atoms with van der Waals surface area (Å²) in [5, 5.41) is 12.6. The minimum absolute atomic E-state index is 0.0106. The van der Waals surface area contributed by atoms with Crippen LogP contribution in [0, 0.1) is 11.3 Å². The van der Waals surface area contributed by atoms with Crippen molar-refractivity contribution in [3.63, 3.8) is 0 Å². The van der Waals surface area contributed by atoms with E-state index in [4.69, 9.17) is 9.47 Å². The number of nitriles is 1. The minimum Gasteiger partial charge on any atom is -0.463 e. The summed E-state index contributed by atoms with van der Waals surface area (Å²) in [5.74, 6) is 0.0833. The van der Waals surface area contributed by atoms with Gasteiger partial charge in [-0.25, -0.2) is 19.6 Å². The number of aromatic nitrogens is 2. The number of methoxy groups -OCH3 is 1. The molecule has 2 aromatic rings. The summed E-state index contributed by atoms with van der Waals surface area (Å²) in [6, 6.07) is 11.3. The fraction of sp³-hybridized carbons (Fsp3) is 0.435. The zero-order chi connectivity index (χ0) is 23.2. The van der Waals surface area contributed by atoms with Crippen molar-refractivity contribution < 1.29 is 19.1 Å². The predicted octanol–water partition coefficient (Wildman–Crippen LogP) is 1.65. The lowest BCUT2D eigenvalue weighted by Crippen LogP contribution is -2.56. The Kier molecular flexibility index (Phi) is 7.00. The number of nitrogens with zero attached hydrogens (tertiary/aromatic N) is 5. The molecule has 0 radical (unpaired) electrons. The van der Waals surface area contributed by atoms with Crippen molar-refractivity contribution >= 4 is 17.9 Å². The monoisotopic (exact) mass is 450 g/mol. The second-order valence-corrected chi connectivity index (χ2v) is 7.91.